The molecule has 1 aromatic rings. The number of carboxylic acids is 1. The first-order chi connectivity index (χ1) is 8.92. The zero-order chi connectivity index (χ0) is 14.0. The van der Waals surface area contributed by atoms with Gasteiger partial charge in [-0.15, -0.1) is 0 Å². The van der Waals surface area contributed by atoms with Crippen LogP contribution in [0.3, 0.4) is 0 Å². The Hall–Kier alpha value is -1.75. The summed E-state index contributed by atoms with van der Waals surface area (Å²) in [6.07, 6.45) is 2.25. The summed E-state index contributed by atoms with van der Waals surface area (Å²) in [6, 6.07) is 4.61. The highest BCUT2D eigenvalue weighted by Gasteiger charge is 2.40. The molecule has 5 nitrogen and oxygen atoms in total. The second-order valence-corrected chi connectivity index (χ2v) is 5.30. The molecule has 0 radical (unpaired) electrons. The van der Waals surface area contributed by atoms with Crippen molar-refractivity contribution in [3.63, 3.8) is 0 Å². The molecule has 0 spiro atoms. The predicted octanol–water partition coefficient (Wildman–Crippen LogP) is 2.05. The first-order valence-corrected chi connectivity index (χ1v) is 6.39. The highest BCUT2D eigenvalue weighted by atomic mass is 35.5. The fraction of sp³-hybridized carbons (Fsp3) is 0.385. The van der Waals surface area contributed by atoms with Crippen LogP contribution >= 0.6 is 11.6 Å². The molecule has 1 aliphatic carbocycles. The number of nitrogen functional groups attached to an aromatic ring is 1. The molecule has 1 amide bonds. The SMILES string of the molecule is Nc1cc(C(=O)NC2(CC(=O)O)CCC2)ccc1Cl. The van der Waals surface area contributed by atoms with Crippen molar-refractivity contribution in [2.75, 3.05) is 5.73 Å². The Balaban J connectivity index is 2.11. The number of hydrogen-bond acceptors (Lipinski definition) is 3. The van der Waals surface area contributed by atoms with Crippen molar-refractivity contribution >= 4 is 29.2 Å². The van der Waals surface area contributed by atoms with Crippen molar-refractivity contribution < 1.29 is 14.7 Å². The van der Waals surface area contributed by atoms with Gasteiger partial charge in [-0.1, -0.05) is 11.6 Å². The number of halogens is 1. The highest BCUT2D eigenvalue weighted by molar-refractivity contribution is 6.33. The van der Waals surface area contributed by atoms with Crippen LogP contribution in [0.4, 0.5) is 5.69 Å². The molecular formula is C13H15ClN2O3. The second kappa shape index (κ2) is 5.09. The number of anilines is 1. The summed E-state index contributed by atoms with van der Waals surface area (Å²) in [5.41, 5.74) is 5.75. The molecule has 0 unspecified atom stereocenters. The summed E-state index contributed by atoms with van der Waals surface area (Å²) < 4.78 is 0. The van der Waals surface area contributed by atoms with E-state index in [1.165, 1.54) is 6.07 Å². The summed E-state index contributed by atoms with van der Waals surface area (Å²) in [7, 11) is 0. The Morgan fingerprint density at radius 1 is 1.42 bits per heavy atom. The van der Waals surface area contributed by atoms with Gasteiger partial charge in [-0.05, 0) is 37.5 Å². The lowest BCUT2D eigenvalue weighted by Crippen LogP contribution is -2.54. The van der Waals surface area contributed by atoms with E-state index in [1.54, 1.807) is 12.1 Å². The fourth-order valence-corrected chi connectivity index (χ4v) is 2.35. The highest BCUT2D eigenvalue weighted by Crippen LogP contribution is 2.35. The van der Waals surface area contributed by atoms with Crippen LogP contribution in [0.2, 0.25) is 5.02 Å². The number of amides is 1. The summed E-state index contributed by atoms with van der Waals surface area (Å²) in [5, 5.41) is 12.1. The summed E-state index contributed by atoms with van der Waals surface area (Å²) in [6.45, 7) is 0. The molecule has 1 aromatic carbocycles. The molecule has 0 heterocycles. The molecule has 2 rings (SSSR count). The predicted molar refractivity (Wildman–Crippen MR) is 72.2 cm³/mol. The molecule has 0 atom stereocenters. The molecule has 0 aliphatic heterocycles. The van der Waals surface area contributed by atoms with Crippen LogP contribution in [0.1, 0.15) is 36.0 Å². The van der Waals surface area contributed by atoms with Crippen molar-refractivity contribution in [3.8, 4) is 0 Å². The molecule has 6 heteroatoms. The van der Waals surface area contributed by atoms with E-state index in [-0.39, 0.29) is 12.3 Å². The lowest BCUT2D eigenvalue weighted by atomic mass is 9.74. The molecule has 1 fully saturated rings. The standard InChI is InChI=1S/C13H15ClN2O3/c14-9-3-2-8(6-10(9)15)12(19)16-13(4-1-5-13)7-11(17)18/h2-3,6H,1,4-5,7,15H2,(H,16,19)(H,17,18). The zero-order valence-electron chi connectivity index (χ0n) is 10.3. The van der Waals surface area contributed by atoms with Crippen LogP contribution in [-0.2, 0) is 4.79 Å². The van der Waals surface area contributed by atoms with Gasteiger partial charge in [0.25, 0.3) is 5.91 Å². The maximum Gasteiger partial charge on any atom is 0.305 e. The van der Waals surface area contributed by atoms with Crippen LogP contribution < -0.4 is 11.1 Å². The summed E-state index contributed by atoms with van der Waals surface area (Å²) >= 11 is 5.79. The second-order valence-electron chi connectivity index (χ2n) is 4.89. The van der Waals surface area contributed by atoms with Crippen LogP contribution in [0, 0.1) is 0 Å². The zero-order valence-corrected chi connectivity index (χ0v) is 11.0. The van der Waals surface area contributed by atoms with Crippen molar-refractivity contribution in [3.05, 3.63) is 28.8 Å². The van der Waals surface area contributed by atoms with Gasteiger partial charge in [0.1, 0.15) is 0 Å². The number of nitrogens with two attached hydrogens (primary N) is 1. The Bertz CT molecular complexity index is 527. The van der Waals surface area contributed by atoms with Gasteiger partial charge in [0.15, 0.2) is 0 Å². The number of carbonyl (C=O) groups is 2. The van der Waals surface area contributed by atoms with Gasteiger partial charge in [0, 0.05) is 5.56 Å². The van der Waals surface area contributed by atoms with Gasteiger partial charge >= 0.3 is 5.97 Å². The number of hydrogen-bond donors (Lipinski definition) is 3. The molecular weight excluding hydrogens is 268 g/mol. The molecule has 0 bridgehead atoms. The molecule has 19 heavy (non-hydrogen) atoms. The normalized spacial score (nSPS) is 16.5. The van der Waals surface area contributed by atoms with Crippen molar-refractivity contribution in [1.82, 2.24) is 5.32 Å². The maximum absolute atomic E-state index is 12.1. The Kier molecular flexibility index (Phi) is 3.66. The van der Waals surface area contributed by atoms with Gasteiger partial charge in [-0.3, -0.25) is 9.59 Å². The Morgan fingerprint density at radius 3 is 2.58 bits per heavy atom. The molecule has 1 aliphatic rings. The lowest BCUT2D eigenvalue weighted by molar-refractivity contribution is -0.139. The van der Waals surface area contributed by atoms with Gasteiger partial charge in [-0.2, -0.15) is 0 Å². The molecule has 102 valence electrons. The van der Waals surface area contributed by atoms with Gasteiger partial charge in [0.2, 0.25) is 0 Å². The largest absolute Gasteiger partial charge is 0.481 e. The quantitative estimate of drug-likeness (QED) is 0.737. The Labute approximate surface area is 115 Å². The third-order valence-electron chi connectivity index (χ3n) is 3.44. The lowest BCUT2D eigenvalue weighted by Gasteiger charge is -2.41. The van der Waals surface area contributed by atoms with Crippen molar-refractivity contribution in [2.24, 2.45) is 0 Å². The number of benzene rings is 1. The minimum Gasteiger partial charge on any atom is -0.481 e. The average molecular weight is 283 g/mol. The van der Waals surface area contributed by atoms with E-state index in [0.29, 0.717) is 29.1 Å². The first-order valence-electron chi connectivity index (χ1n) is 6.01. The number of carboxylic acid groups (broad SMARTS) is 1. The molecule has 0 aromatic heterocycles. The van der Waals surface area contributed by atoms with Gasteiger partial charge < -0.3 is 16.2 Å². The van der Waals surface area contributed by atoms with E-state index in [1.807, 2.05) is 0 Å². The Morgan fingerprint density at radius 2 is 2.11 bits per heavy atom. The minimum absolute atomic E-state index is 0.0538. The maximum atomic E-state index is 12.1. The van der Waals surface area contributed by atoms with E-state index in [0.717, 1.165) is 6.42 Å². The van der Waals surface area contributed by atoms with E-state index in [9.17, 15) is 9.59 Å². The van der Waals surface area contributed by atoms with Crippen molar-refractivity contribution in [1.29, 1.82) is 0 Å². The van der Waals surface area contributed by atoms with E-state index < -0.39 is 11.5 Å². The number of rotatable bonds is 4. The smallest absolute Gasteiger partial charge is 0.305 e. The topological polar surface area (TPSA) is 92.4 Å². The third kappa shape index (κ3) is 2.98. The van der Waals surface area contributed by atoms with E-state index >= 15 is 0 Å². The van der Waals surface area contributed by atoms with E-state index in [2.05, 4.69) is 5.32 Å². The molecule has 4 N–H and O–H groups in total. The van der Waals surface area contributed by atoms with Gasteiger partial charge in [-0.25, -0.2) is 0 Å². The van der Waals surface area contributed by atoms with Crippen LogP contribution in [0.25, 0.3) is 0 Å². The fourth-order valence-electron chi connectivity index (χ4n) is 2.24. The van der Waals surface area contributed by atoms with E-state index in [4.69, 9.17) is 22.4 Å². The first kappa shape index (κ1) is 13.7. The van der Waals surface area contributed by atoms with Crippen LogP contribution in [-0.4, -0.2) is 22.5 Å². The van der Waals surface area contributed by atoms with Gasteiger partial charge in [0.05, 0.1) is 22.7 Å². The number of nitrogens with one attached hydrogen (secondary N) is 1. The minimum atomic E-state index is -0.907. The summed E-state index contributed by atoms with van der Waals surface area (Å²) in [4.78, 5) is 22.9. The van der Waals surface area contributed by atoms with Crippen LogP contribution in [0.15, 0.2) is 18.2 Å². The average Bonchev–Trinajstić information content (AvgIpc) is 2.29. The summed E-state index contributed by atoms with van der Waals surface area (Å²) in [5.74, 6) is -1.22. The van der Waals surface area contributed by atoms with Crippen molar-refractivity contribution in [2.45, 2.75) is 31.2 Å². The number of carbonyl (C=O) groups excluding carboxylic acids is 1. The molecule has 0 saturated heterocycles. The third-order valence-corrected chi connectivity index (χ3v) is 3.78. The monoisotopic (exact) mass is 282 g/mol. The number of aliphatic carboxylic acids is 1. The van der Waals surface area contributed by atoms with Crippen LogP contribution in [0.5, 0.6) is 0 Å². The molecule has 1 saturated carbocycles.